The highest BCUT2D eigenvalue weighted by Crippen LogP contribution is 2.27. The maximum atomic E-state index is 13.7. The second-order valence-electron chi connectivity index (χ2n) is 4.54. The van der Waals surface area contributed by atoms with Gasteiger partial charge in [-0.3, -0.25) is 4.57 Å². The van der Waals surface area contributed by atoms with Gasteiger partial charge in [0.2, 0.25) is 0 Å². The van der Waals surface area contributed by atoms with E-state index in [9.17, 15) is 8.78 Å². The predicted molar refractivity (Wildman–Crippen MR) is 80.4 cm³/mol. The van der Waals surface area contributed by atoms with Gasteiger partial charge < -0.3 is 0 Å². The number of rotatable bonds is 3. The van der Waals surface area contributed by atoms with Gasteiger partial charge in [-0.1, -0.05) is 17.7 Å². The first-order chi connectivity index (χ1) is 10.1. The van der Waals surface area contributed by atoms with E-state index in [0.29, 0.717) is 34.8 Å². The SMILES string of the molecule is Fc1cccc(-n2c(CCCl)nc3cc(Cl)c(F)cc32)c1. The lowest BCUT2D eigenvalue weighted by molar-refractivity contribution is 0.626. The van der Waals surface area contributed by atoms with Crippen LogP contribution in [0, 0.1) is 11.6 Å². The smallest absolute Gasteiger partial charge is 0.144 e. The molecule has 3 rings (SSSR count). The quantitative estimate of drug-likeness (QED) is 0.636. The molecule has 1 aromatic heterocycles. The molecule has 1 heterocycles. The molecule has 0 saturated heterocycles. The molecule has 2 aromatic carbocycles. The molecule has 0 aliphatic carbocycles. The van der Waals surface area contributed by atoms with E-state index >= 15 is 0 Å². The van der Waals surface area contributed by atoms with Crippen molar-refractivity contribution in [1.82, 2.24) is 9.55 Å². The summed E-state index contributed by atoms with van der Waals surface area (Å²) < 4.78 is 28.9. The number of alkyl halides is 1. The van der Waals surface area contributed by atoms with Crippen molar-refractivity contribution in [3.05, 3.63) is 58.9 Å². The molecule has 3 aromatic rings. The second kappa shape index (κ2) is 5.62. The molecular formula is C15H10Cl2F2N2. The molecule has 0 fully saturated rings. The zero-order chi connectivity index (χ0) is 15.0. The Balaban J connectivity index is 2.32. The summed E-state index contributed by atoms with van der Waals surface area (Å²) in [6.07, 6.45) is 0.478. The summed E-state index contributed by atoms with van der Waals surface area (Å²) in [5, 5.41) is 0.00353. The number of benzene rings is 2. The second-order valence-corrected chi connectivity index (χ2v) is 5.32. The Bertz CT molecular complexity index is 815. The van der Waals surface area contributed by atoms with Gasteiger partial charge in [0.1, 0.15) is 17.5 Å². The van der Waals surface area contributed by atoms with Crippen LogP contribution in [0.4, 0.5) is 8.78 Å². The van der Waals surface area contributed by atoms with E-state index in [1.807, 2.05) is 0 Å². The summed E-state index contributed by atoms with van der Waals surface area (Å²) in [4.78, 5) is 4.42. The number of aryl methyl sites for hydroxylation is 1. The Morgan fingerprint density at radius 3 is 2.67 bits per heavy atom. The van der Waals surface area contributed by atoms with E-state index < -0.39 is 5.82 Å². The molecular weight excluding hydrogens is 317 g/mol. The van der Waals surface area contributed by atoms with Crippen molar-refractivity contribution in [2.24, 2.45) is 0 Å². The summed E-state index contributed by atoms with van der Waals surface area (Å²) in [5.74, 6) is 0.0708. The van der Waals surface area contributed by atoms with E-state index in [4.69, 9.17) is 23.2 Å². The third kappa shape index (κ3) is 2.61. The molecule has 0 radical (unpaired) electrons. The van der Waals surface area contributed by atoms with Gasteiger partial charge in [0.15, 0.2) is 0 Å². The standard InChI is InChI=1S/C15H10Cl2F2N2/c16-5-4-15-20-13-7-11(17)12(19)8-14(13)21(15)10-3-1-2-9(18)6-10/h1-3,6-8H,4-5H2. The fraction of sp³-hybridized carbons (Fsp3) is 0.133. The minimum atomic E-state index is -0.542. The van der Waals surface area contributed by atoms with Crippen LogP contribution < -0.4 is 0 Å². The van der Waals surface area contributed by atoms with Crippen molar-refractivity contribution in [2.45, 2.75) is 6.42 Å². The van der Waals surface area contributed by atoms with Gasteiger partial charge in [-0.05, 0) is 24.3 Å². The first kappa shape index (κ1) is 14.3. The van der Waals surface area contributed by atoms with Crippen LogP contribution >= 0.6 is 23.2 Å². The zero-order valence-corrected chi connectivity index (χ0v) is 12.3. The van der Waals surface area contributed by atoms with Gasteiger partial charge in [-0.25, -0.2) is 13.8 Å². The van der Waals surface area contributed by atoms with E-state index in [2.05, 4.69) is 4.98 Å². The molecule has 0 amide bonds. The van der Waals surface area contributed by atoms with Crippen LogP contribution in [0.15, 0.2) is 36.4 Å². The van der Waals surface area contributed by atoms with Crippen LogP contribution in [0.3, 0.4) is 0 Å². The largest absolute Gasteiger partial charge is 0.296 e. The predicted octanol–water partition coefficient (Wildman–Crippen LogP) is 4.74. The van der Waals surface area contributed by atoms with Gasteiger partial charge in [0.25, 0.3) is 0 Å². The van der Waals surface area contributed by atoms with Crippen LogP contribution in [0.25, 0.3) is 16.7 Å². The molecule has 0 spiro atoms. The van der Waals surface area contributed by atoms with E-state index in [1.165, 1.54) is 24.3 Å². The number of nitrogens with zero attached hydrogens (tertiary/aromatic N) is 2. The fourth-order valence-corrected chi connectivity index (χ4v) is 2.61. The van der Waals surface area contributed by atoms with Crippen molar-refractivity contribution in [3.8, 4) is 5.69 Å². The maximum Gasteiger partial charge on any atom is 0.144 e. The van der Waals surface area contributed by atoms with Crippen LogP contribution in [0.1, 0.15) is 5.82 Å². The molecule has 0 aliphatic rings. The van der Waals surface area contributed by atoms with Crippen LogP contribution in [0.5, 0.6) is 0 Å². The lowest BCUT2D eigenvalue weighted by atomic mass is 10.2. The number of imidazole rings is 1. The monoisotopic (exact) mass is 326 g/mol. The Morgan fingerprint density at radius 1 is 1.14 bits per heavy atom. The number of halogens is 4. The molecule has 108 valence electrons. The van der Waals surface area contributed by atoms with Crippen molar-refractivity contribution >= 4 is 34.2 Å². The molecule has 6 heteroatoms. The molecule has 0 bridgehead atoms. The number of fused-ring (bicyclic) bond motifs is 1. The Kier molecular flexibility index (Phi) is 3.83. The van der Waals surface area contributed by atoms with Gasteiger partial charge >= 0.3 is 0 Å². The van der Waals surface area contributed by atoms with E-state index in [0.717, 1.165) is 0 Å². The number of aromatic nitrogens is 2. The van der Waals surface area contributed by atoms with E-state index in [-0.39, 0.29) is 10.8 Å². The zero-order valence-electron chi connectivity index (χ0n) is 10.8. The van der Waals surface area contributed by atoms with Crippen molar-refractivity contribution in [2.75, 3.05) is 5.88 Å². The Hall–Kier alpha value is -1.65. The third-order valence-corrected chi connectivity index (χ3v) is 3.63. The van der Waals surface area contributed by atoms with Crippen molar-refractivity contribution in [3.63, 3.8) is 0 Å². The molecule has 0 atom stereocenters. The average molecular weight is 327 g/mol. The first-order valence-corrected chi connectivity index (χ1v) is 7.19. The first-order valence-electron chi connectivity index (χ1n) is 6.28. The number of hydrogen-bond donors (Lipinski definition) is 0. The molecule has 0 N–H and O–H groups in total. The third-order valence-electron chi connectivity index (χ3n) is 3.15. The van der Waals surface area contributed by atoms with Crippen molar-refractivity contribution < 1.29 is 8.78 Å². The average Bonchev–Trinajstić information content (AvgIpc) is 2.77. The summed E-state index contributed by atoms with van der Waals surface area (Å²) in [6.45, 7) is 0. The van der Waals surface area contributed by atoms with E-state index in [1.54, 1.807) is 16.7 Å². The lowest BCUT2D eigenvalue weighted by Gasteiger charge is -2.09. The molecule has 0 aliphatic heterocycles. The minimum Gasteiger partial charge on any atom is -0.296 e. The topological polar surface area (TPSA) is 17.8 Å². The van der Waals surface area contributed by atoms with Gasteiger partial charge in [0, 0.05) is 18.4 Å². The molecule has 0 saturated carbocycles. The lowest BCUT2D eigenvalue weighted by Crippen LogP contribution is -2.02. The summed E-state index contributed by atoms with van der Waals surface area (Å²) >= 11 is 11.6. The normalized spacial score (nSPS) is 11.2. The Morgan fingerprint density at radius 2 is 1.95 bits per heavy atom. The van der Waals surface area contributed by atoms with Crippen molar-refractivity contribution in [1.29, 1.82) is 0 Å². The molecule has 2 nitrogen and oxygen atoms in total. The van der Waals surface area contributed by atoms with Crippen LogP contribution in [-0.2, 0) is 6.42 Å². The number of hydrogen-bond acceptors (Lipinski definition) is 1. The van der Waals surface area contributed by atoms with Crippen LogP contribution in [0.2, 0.25) is 5.02 Å². The highest BCUT2D eigenvalue weighted by molar-refractivity contribution is 6.31. The summed E-state index contributed by atoms with van der Waals surface area (Å²) in [6, 6.07) is 8.79. The molecule has 0 unspecified atom stereocenters. The highest BCUT2D eigenvalue weighted by Gasteiger charge is 2.15. The molecule has 21 heavy (non-hydrogen) atoms. The minimum absolute atomic E-state index is 0.00353. The van der Waals surface area contributed by atoms with Gasteiger partial charge in [0.05, 0.1) is 21.7 Å². The maximum absolute atomic E-state index is 13.7. The fourth-order valence-electron chi connectivity index (χ4n) is 2.28. The highest BCUT2D eigenvalue weighted by atomic mass is 35.5. The summed E-state index contributed by atoms with van der Waals surface area (Å²) in [7, 11) is 0. The van der Waals surface area contributed by atoms with Gasteiger partial charge in [-0.15, -0.1) is 11.6 Å². The summed E-state index contributed by atoms with van der Waals surface area (Å²) in [5.41, 5.74) is 1.65. The van der Waals surface area contributed by atoms with Gasteiger partial charge in [-0.2, -0.15) is 0 Å². The Labute approximate surface area is 129 Å². The van der Waals surface area contributed by atoms with Crippen LogP contribution in [-0.4, -0.2) is 15.4 Å².